The Morgan fingerprint density at radius 1 is 1.23 bits per heavy atom. The summed E-state index contributed by atoms with van der Waals surface area (Å²) >= 11 is 0. The van der Waals surface area contributed by atoms with Crippen molar-refractivity contribution in [2.24, 2.45) is 5.73 Å². The number of hydrogen-bond donors (Lipinski definition) is 1. The number of nitrogens with two attached hydrogens (primary N) is 1. The molecule has 3 heteroatoms. The first-order valence-electron chi connectivity index (χ1n) is 4.38. The van der Waals surface area contributed by atoms with Gasteiger partial charge in [-0.1, -0.05) is 30.3 Å². The third-order valence-corrected chi connectivity index (χ3v) is 2.16. The quantitative estimate of drug-likeness (QED) is 0.701. The summed E-state index contributed by atoms with van der Waals surface area (Å²) in [6.45, 7) is 0.910. The maximum atomic E-state index is 5.86. The zero-order chi connectivity index (χ0) is 9.10. The maximum absolute atomic E-state index is 5.86. The molecule has 1 heterocycles. The summed E-state index contributed by atoms with van der Waals surface area (Å²) in [5.41, 5.74) is 6.98. The molecule has 0 radical (unpaired) electrons. The molecule has 1 aromatic carbocycles. The van der Waals surface area contributed by atoms with Crippen LogP contribution in [0.4, 0.5) is 0 Å². The second-order valence-electron chi connectivity index (χ2n) is 3.15. The van der Waals surface area contributed by atoms with Crippen LogP contribution in [0.25, 0.3) is 0 Å². The molecule has 3 nitrogen and oxygen atoms in total. The van der Waals surface area contributed by atoms with E-state index in [0.717, 1.165) is 5.56 Å². The van der Waals surface area contributed by atoms with Crippen molar-refractivity contribution in [2.75, 3.05) is 13.4 Å². The molecule has 1 fully saturated rings. The Morgan fingerprint density at radius 3 is 2.69 bits per heavy atom. The summed E-state index contributed by atoms with van der Waals surface area (Å²) in [6, 6.07) is 9.94. The molecule has 1 aromatic rings. The van der Waals surface area contributed by atoms with E-state index in [1.807, 2.05) is 30.3 Å². The van der Waals surface area contributed by atoms with Gasteiger partial charge in [-0.3, -0.25) is 0 Å². The average molecular weight is 179 g/mol. The zero-order valence-corrected chi connectivity index (χ0v) is 7.35. The smallest absolute Gasteiger partial charge is 0.147 e. The Morgan fingerprint density at radius 2 is 2.00 bits per heavy atom. The van der Waals surface area contributed by atoms with E-state index in [0.29, 0.717) is 13.4 Å². The van der Waals surface area contributed by atoms with Gasteiger partial charge in [-0.25, -0.2) is 0 Å². The van der Waals surface area contributed by atoms with Gasteiger partial charge in [0.2, 0.25) is 0 Å². The van der Waals surface area contributed by atoms with E-state index < -0.39 is 0 Å². The molecular weight excluding hydrogens is 166 g/mol. The first-order chi connectivity index (χ1) is 6.38. The first kappa shape index (κ1) is 8.69. The van der Waals surface area contributed by atoms with Crippen LogP contribution in [0.5, 0.6) is 0 Å². The van der Waals surface area contributed by atoms with Crippen molar-refractivity contribution >= 4 is 0 Å². The molecule has 1 aliphatic rings. The predicted molar refractivity (Wildman–Crippen MR) is 49.1 cm³/mol. The molecule has 0 bridgehead atoms. The average Bonchev–Trinajstić information content (AvgIpc) is 2.20. The van der Waals surface area contributed by atoms with Crippen LogP contribution < -0.4 is 5.73 Å². The molecular formula is C10H13NO2. The Balaban J connectivity index is 2.15. The fourth-order valence-corrected chi connectivity index (χ4v) is 1.50. The van der Waals surface area contributed by atoms with Gasteiger partial charge in [0.15, 0.2) is 0 Å². The van der Waals surface area contributed by atoms with Gasteiger partial charge in [0.1, 0.15) is 12.9 Å². The summed E-state index contributed by atoms with van der Waals surface area (Å²) < 4.78 is 10.5. The highest BCUT2D eigenvalue weighted by Crippen LogP contribution is 2.22. The van der Waals surface area contributed by atoms with Crippen molar-refractivity contribution in [3.8, 4) is 0 Å². The van der Waals surface area contributed by atoms with E-state index >= 15 is 0 Å². The maximum Gasteiger partial charge on any atom is 0.147 e. The number of ether oxygens (including phenoxy) is 2. The summed E-state index contributed by atoms with van der Waals surface area (Å²) in [7, 11) is 0. The third kappa shape index (κ3) is 1.88. The molecule has 1 aliphatic heterocycles. The minimum atomic E-state index is -0.0591. The molecule has 13 heavy (non-hydrogen) atoms. The molecule has 2 atom stereocenters. The second-order valence-corrected chi connectivity index (χ2v) is 3.15. The molecule has 2 N–H and O–H groups in total. The molecule has 1 saturated heterocycles. The van der Waals surface area contributed by atoms with E-state index in [1.54, 1.807) is 0 Å². The van der Waals surface area contributed by atoms with Crippen LogP contribution in [0.1, 0.15) is 11.7 Å². The van der Waals surface area contributed by atoms with Crippen molar-refractivity contribution in [1.29, 1.82) is 0 Å². The van der Waals surface area contributed by atoms with Gasteiger partial charge < -0.3 is 15.2 Å². The van der Waals surface area contributed by atoms with E-state index in [4.69, 9.17) is 15.2 Å². The van der Waals surface area contributed by atoms with Gasteiger partial charge in [-0.05, 0) is 5.56 Å². The minimum Gasteiger partial charge on any atom is -0.354 e. The lowest BCUT2D eigenvalue weighted by Crippen LogP contribution is -2.39. The Labute approximate surface area is 77.5 Å². The SMILES string of the molecule is N[C@@H]1COCO[C@@H]1c1ccccc1. The monoisotopic (exact) mass is 179 g/mol. The molecule has 0 aliphatic carbocycles. The Kier molecular flexibility index (Phi) is 2.59. The normalized spacial score (nSPS) is 28.7. The predicted octanol–water partition coefficient (Wildman–Crippen LogP) is 1.06. The highest BCUT2D eigenvalue weighted by Gasteiger charge is 2.24. The van der Waals surface area contributed by atoms with E-state index in [-0.39, 0.29) is 12.1 Å². The van der Waals surface area contributed by atoms with E-state index in [9.17, 15) is 0 Å². The van der Waals surface area contributed by atoms with Crippen LogP contribution in [-0.2, 0) is 9.47 Å². The van der Waals surface area contributed by atoms with Crippen LogP contribution >= 0.6 is 0 Å². The van der Waals surface area contributed by atoms with Crippen LogP contribution in [0.3, 0.4) is 0 Å². The Bertz CT molecular complexity index is 263. The molecule has 0 spiro atoms. The van der Waals surface area contributed by atoms with Crippen molar-refractivity contribution in [2.45, 2.75) is 12.1 Å². The number of rotatable bonds is 1. The van der Waals surface area contributed by atoms with Gasteiger partial charge >= 0.3 is 0 Å². The molecule has 70 valence electrons. The van der Waals surface area contributed by atoms with Crippen LogP contribution in [0.15, 0.2) is 30.3 Å². The summed E-state index contributed by atoms with van der Waals surface area (Å²) in [5, 5.41) is 0. The molecule has 0 amide bonds. The standard InChI is InChI=1S/C10H13NO2/c11-9-6-12-7-13-10(9)8-4-2-1-3-5-8/h1-5,9-10H,6-7,11H2/t9-,10-/m1/s1. The van der Waals surface area contributed by atoms with Crippen molar-refractivity contribution in [3.63, 3.8) is 0 Å². The van der Waals surface area contributed by atoms with Crippen LogP contribution in [0.2, 0.25) is 0 Å². The highest BCUT2D eigenvalue weighted by molar-refractivity contribution is 5.19. The van der Waals surface area contributed by atoms with Crippen LogP contribution in [-0.4, -0.2) is 19.4 Å². The molecule has 0 aromatic heterocycles. The summed E-state index contributed by atoms with van der Waals surface area (Å²) in [4.78, 5) is 0. The van der Waals surface area contributed by atoms with Crippen molar-refractivity contribution in [1.82, 2.24) is 0 Å². The van der Waals surface area contributed by atoms with Crippen molar-refractivity contribution in [3.05, 3.63) is 35.9 Å². The lowest BCUT2D eigenvalue weighted by molar-refractivity contribution is -0.151. The van der Waals surface area contributed by atoms with Gasteiger partial charge in [0, 0.05) is 0 Å². The topological polar surface area (TPSA) is 44.5 Å². The Hall–Kier alpha value is -0.900. The van der Waals surface area contributed by atoms with Gasteiger partial charge in [0.25, 0.3) is 0 Å². The summed E-state index contributed by atoms with van der Waals surface area (Å²) in [5.74, 6) is 0. The fraction of sp³-hybridized carbons (Fsp3) is 0.400. The number of hydrogen-bond acceptors (Lipinski definition) is 3. The van der Waals surface area contributed by atoms with Gasteiger partial charge in [-0.2, -0.15) is 0 Å². The van der Waals surface area contributed by atoms with Gasteiger partial charge in [0.05, 0.1) is 12.6 Å². The molecule has 2 rings (SSSR count). The molecule has 0 saturated carbocycles. The van der Waals surface area contributed by atoms with E-state index in [1.165, 1.54) is 0 Å². The largest absolute Gasteiger partial charge is 0.354 e. The minimum absolute atomic E-state index is 0.0186. The second kappa shape index (κ2) is 3.87. The lowest BCUT2D eigenvalue weighted by atomic mass is 10.0. The summed E-state index contributed by atoms with van der Waals surface area (Å²) in [6.07, 6.45) is -0.0186. The lowest BCUT2D eigenvalue weighted by Gasteiger charge is -2.29. The molecule has 0 unspecified atom stereocenters. The van der Waals surface area contributed by atoms with Crippen LogP contribution in [0, 0.1) is 0 Å². The van der Waals surface area contributed by atoms with E-state index in [2.05, 4.69) is 0 Å². The van der Waals surface area contributed by atoms with Crippen molar-refractivity contribution < 1.29 is 9.47 Å². The number of benzene rings is 1. The third-order valence-electron chi connectivity index (χ3n) is 2.16. The zero-order valence-electron chi connectivity index (χ0n) is 7.35. The highest BCUT2D eigenvalue weighted by atomic mass is 16.7. The first-order valence-corrected chi connectivity index (χ1v) is 4.38. The van der Waals surface area contributed by atoms with Gasteiger partial charge in [-0.15, -0.1) is 0 Å². The fourth-order valence-electron chi connectivity index (χ4n) is 1.50.